The summed E-state index contributed by atoms with van der Waals surface area (Å²) in [7, 11) is 0. The number of aliphatic hydroxyl groups is 1. The van der Waals surface area contributed by atoms with Crippen molar-refractivity contribution in [1.29, 1.82) is 0 Å². The van der Waals surface area contributed by atoms with Crippen molar-refractivity contribution < 1.29 is 5.11 Å². The van der Waals surface area contributed by atoms with Gasteiger partial charge in [-0.15, -0.1) is 0 Å². The highest BCUT2D eigenvalue weighted by atomic mass is 16.3. The third-order valence-corrected chi connectivity index (χ3v) is 3.38. The van der Waals surface area contributed by atoms with E-state index in [-0.39, 0.29) is 6.10 Å². The Hall–Kier alpha value is -0.860. The van der Waals surface area contributed by atoms with Crippen LogP contribution in [-0.2, 0) is 6.54 Å². The Bertz CT molecular complexity index is 299. The van der Waals surface area contributed by atoms with E-state index < -0.39 is 0 Å². The first kappa shape index (κ1) is 11.6. The van der Waals surface area contributed by atoms with Crippen molar-refractivity contribution in [1.82, 2.24) is 5.32 Å². The molecule has 2 N–H and O–H groups in total. The summed E-state index contributed by atoms with van der Waals surface area (Å²) in [5.74, 6) is 0. The summed E-state index contributed by atoms with van der Waals surface area (Å²) in [5.41, 5.74) is 1.34. The monoisotopic (exact) mass is 219 g/mol. The molecule has 1 aliphatic carbocycles. The Morgan fingerprint density at radius 2 is 1.88 bits per heavy atom. The van der Waals surface area contributed by atoms with Crippen LogP contribution in [0.15, 0.2) is 30.3 Å². The normalized spacial score (nSPS) is 26.3. The average Bonchev–Trinajstić information content (AvgIpc) is 2.53. The van der Waals surface area contributed by atoms with Crippen LogP contribution in [0.25, 0.3) is 0 Å². The van der Waals surface area contributed by atoms with Gasteiger partial charge in [0.15, 0.2) is 0 Å². The Morgan fingerprint density at radius 3 is 2.69 bits per heavy atom. The fourth-order valence-corrected chi connectivity index (χ4v) is 2.34. The number of benzene rings is 1. The molecule has 0 heterocycles. The molecule has 2 heteroatoms. The zero-order chi connectivity index (χ0) is 11.2. The molecule has 1 fully saturated rings. The van der Waals surface area contributed by atoms with E-state index in [0.717, 1.165) is 32.2 Å². The zero-order valence-electron chi connectivity index (χ0n) is 9.73. The van der Waals surface area contributed by atoms with Crippen molar-refractivity contribution in [3.05, 3.63) is 35.9 Å². The topological polar surface area (TPSA) is 32.3 Å². The molecular formula is C14H21NO. The Balaban J connectivity index is 1.77. The van der Waals surface area contributed by atoms with Gasteiger partial charge in [-0.1, -0.05) is 30.3 Å². The van der Waals surface area contributed by atoms with E-state index in [2.05, 4.69) is 29.6 Å². The van der Waals surface area contributed by atoms with Crippen LogP contribution >= 0.6 is 0 Å². The van der Waals surface area contributed by atoms with Gasteiger partial charge < -0.3 is 10.4 Å². The molecule has 2 atom stereocenters. The highest BCUT2D eigenvalue weighted by Gasteiger charge is 2.16. The maximum absolute atomic E-state index is 9.56. The third kappa shape index (κ3) is 3.62. The fourth-order valence-electron chi connectivity index (χ4n) is 2.34. The van der Waals surface area contributed by atoms with Gasteiger partial charge in [0.2, 0.25) is 0 Å². The fraction of sp³-hybridized carbons (Fsp3) is 0.571. The van der Waals surface area contributed by atoms with E-state index >= 15 is 0 Å². The van der Waals surface area contributed by atoms with Gasteiger partial charge in [-0.3, -0.25) is 0 Å². The molecule has 88 valence electrons. The molecule has 1 aromatic carbocycles. The predicted molar refractivity (Wildman–Crippen MR) is 66.2 cm³/mol. The number of nitrogens with one attached hydrogen (secondary N) is 1. The summed E-state index contributed by atoms with van der Waals surface area (Å²) in [5, 5.41) is 13.2. The second kappa shape index (κ2) is 6.02. The van der Waals surface area contributed by atoms with Crippen molar-refractivity contribution in [3.63, 3.8) is 0 Å². The lowest BCUT2D eigenvalue weighted by Gasteiger charge is -2.16. The predicted octanol–water partition coefficient (Wildman–Crippen LogP) is 2.47. The van der Waals surface area contributed by atoms with Crippen molar-refractivity contribution in [2.75, 3.05) is 0 Å². The molecule has 2 unspecified atom stereocenters. The van der Waals surface area contributed by atoms with Gasteiger partial charge in [-0.05, 0) is 37.7 Å². The summed E-state index contributed by atoms with van der Waals surface area (Å²) in [6, 6.07) is 11.1. The van der Waals surface area contributed by atoms with E-state index in [1.807, 2.05) is 6.07 Å². The van der Waals surface area contributed by atoms with Crippen molar-refractivity contribution in [2.24, 2.45) is 0 Å². The van der Waals surface area contributed by atoms with Crippen LogP contribution in [0.1, 0.15) is 37.7 Å². The molecule has 0 bridgehead atoms. The van der Waals surface area contributed by atoms with Gasteiger partial charge in [-0.25, -0.2) is 0 Å². The molecule has 1 saturated carbocycles. The first-order chi connectivity index (χ1) is 7.84. The molecule has 1 aromatic rings. The average molecular weight is 219 g/mol. The first-order valence-electron chi connectivity index (χ1n) is 6.30. The van der Waals surface area contributed by atoms with Crippen LogP contribution in [0.3, 0.4) is 0 Å². The van der Waals surface area contributed by atoms with Crippen LogP contribution in [0.5, 0.6) is 0 Å². The maximum Gasteiger partial charge on any atom is 0.0540 e. The first-order valence-corrected chi connectivity index (χ1v) is 6.30. The molecule has 0 amide bonds. The number of rotatable bonds is 3. The molecule has 1 aliphatic rings. The second-order valence-corrected chi connectivity index (χ2v) is 4.73. The van der Waals surface area contributed by atoms with Gasteiger partial charge in [0.1, 0.15) is 0 Å². The van der Waals surface area contributed by atoms with E-state index in [1.165, 1.54) is 12.0 Å². The highest BCUT2D eigenvalue weighted by Crippen LogP contribution is 2.18. The Labute approximate surface area is 97.7 Å². The molecule has 2 rings (SSSR count). The summed E-state index contributed by atoms with van der Waals surface area (Å²) < 4.78 is 0. The van der Waals surface area contributed by atoms with E-state index in [4.69, 9.17) is 0 Å². The lowest BCUT2D eigenvalue weighted by Crippen LogP contribution is -2.28. The number of hydrogen-bond donors (Lipinski definition) is 2. The second-order valence-electron chi connectivity index (χ2n) is 4.73. The summed E-state index contributed by atoms with van der Waals surface area (Å²) in [6.07, 6.45) is 5.31. The minimum Gasteiger partial charge on any atom is -0.393 e. The summed E-state index contributed by atoms with van der Waals surface area (Å²) >= 11 is 0. The van der Waals surface area contributed by atoms with Crippen LogP contribution in [0.2, 0.25) is 0 Å². The maximum atomic E-state index is 9.56. The van der Waals surface area contributed by atoms with E-state index in [0.29, 0.717) is 6.04 Å². The van der Waals surface area contributed by atoms with Gasteiger partial charge >= 0.3 is 0 Å². The number of aliphatic hydroxyl groups excluding tert-OH is 1. The molecular weight excluding hydrogens is 198 g/mol. The van der Waals surface area contributed by atoms with E-state index in [1.54, 1.807) is 0 Å². The molecule has 0 radical (unpaired) electrons. The highest BCUT2D eigenvalue weighted by molar-refractivity contribution is 5.14. The van der Waals surface area contributed by atoms with Crippen molar-refractivity contribution in [2.45, 2.75) is 50.8 Å². The summed E-state index contributed by atoms with van der Waals surface area (Å²) in [4.78, 5) is 0. The minimum absolute atomic E-state index is 0.0662. The largest absolute Gasteiger partial charge is 0.393 e. The standard InChI is InChI=1S/C14H21NO/c16-14-8-4-7-13(9-10-14)15-11-12-5-2-1-3-6-12/h1-3,5-6,13-16H,4,7-11H2. The summed E-state index contributed by atoms with van der Waals surface area (Å²) in [6.45, 7) is 0.946. The van der Waals surface area contributed by atoms with Crippen molar-refractivity contribution in [3.8, 4) is 0 Å². The Morgan fingerprint density at radius 1 is 1.06 bits per heavy atom. The molecule has 0 aromatic heterocycles. The van der Waals surface area contributed by atoms with Gasteiger partial charge in [0.05, 0.1) is 6.10 Å². The van der Waals surface area contributed by atoms with Crippen LogP contribution in [0.4, 0.5) is 0 Å². The van der Waals surface area contributed by atoms with Crippen molar-refractivity contribution >= 4 is 0 Å². The quantitative estimate of drug-likeness (QED) is 0.765. The van der Waals surface area contributed by atoms with Gasteiger partial charge in [0, 0.05) is 12.6 Å². The smallest absolute Gasteiger partial charge is 0.0540 e. The lowest BCUT2D eigenvalue weighted by molar-refractivity contribution is 0.156. The molecule has 0 saturated heterocycles. The van der Waals surface area contributed by atoms with Gasteiger partial charge in [0.25, 0.3) is 0 Å². The van der Waals surface area contributed by atoms with Crippen LogP contribution < -0.4 is 5.32 Å². The van der Waals surface area contributed by atoms with E-state index in [9.17, 15) is 5.11 Å². The Kier molecular flexibility index (Phi) is 4.37. The molecule has 0 spiro atoms. The number of hydrogen-bond acceptors (Lipinski definition) is 2. The van der Waals surface area contributed by atoms with Crippen LogP contribution in [0, 0.1) is 0 Å². The van der Waals surface area contributed by atoms with Crippen LogP contribution in [-0.4, -0.2) is 17.3 Å². The molecule has 2 nitrogen and oxygen atoms in total. The minimum atomic E-state index is -0.0662. The SMILES string of the molecule is OC1CCCC(NCc2ccccc2)CC1. The zero-order valence-corrected chi connectivity index (χ0v) is 9.73. The molecule has 0 aliphatic heterocycles. The van der Waals surface area contributed by atoms with Gasteiger partial charge in [-0.2, -0.15) is 0 Å². The third-order valence-electron chi connectivity index (χ3n) is 3.38. The lowest BCUT2D eigenvalue weighted by atomic mass is 10.1. The molecule has 16 heavy (non-hydrogen) atoms.